The lowest BCUT2D eigenvalue weighted by atomic mass is 9.99. The van der Waals surface area contributed by atoms with Gasteiger partial charge in [0.05, 0.1) is 13.2 Å². The van der Waals surface area contributed by atoms with Crippen LogP contribution in [0.2, 0.25) is 0 Å². The number of para-hydroxylation sites is 1. The molecule has 0 bridgehead atoms. The van der Waals surface area contributed by atoms with Gasteiger partial charge in [-0.05, 0) is 30.7 Å². The van der Waals surface area contributed by atoms with E-state index in [4.69, 9.17) is 10.5 Å². The average molecular weight is 228 g/mol. The van der Waals surface area contributed by atoms with E-state index in [0.29, 0.717) is 0 Å². The van der Waals surface area contributed by atoms with Gasteiger partial charge >= 0.3 is 0 Å². The molecule has 0 aliphatic rings. The first kappa shape index (κ1) is 11.6. The molecule has 0 saturated heterocycles. The van der Waals surface area contributed by atoms with Crippen molar-refractivity contribution in [2.45, 2.75) is 13.0 Å². The van der Waals surface area contributed by atoms with Crippen molar-refractivity contribution in [1.82, 2.24) is 4.98 Å². The summed E-state index contributed by atoms with van der Waals surface area (Å²) in [6.07, 6.45) is 1.78. The first-order valence-corrected chi connectivity index (χ1v) is 5.53. The van der Waals surface area contributed by atoms with Crippen molar-refractivity contribution in [3.8, 4) is 5.75 Å². The molecule has 0 amide bonds. The number of benzene rings is 1. The minimum atomic E-state index is -0.187. The zero-order chi connectivity index (χ0) is 12.3. The van der Waals surface area contributed by atoms with E-state index in [9.17, 15) is 0 Å². The maximum atomic E-state index is 6.25. The highest BCUT2D eigenvalue weighted by Gasteiger charge is 2.13. The Hall–Kier alpha value is -1.87. The van der Waals surface area contributed by atoms with Crippen LogP contribution in [-0.4, -0.2) is 12.1 Å². The van der Waals surface area contributed by atoms with Gasteiger partial charge in [-0.15, -0.1) is 0 Å². The fourth-order valence-corrected chi connectivity index (χ4v) is 1.86. The Morgan fingerprint density at radius 1 is 1.24 bits per heavy atom. The van der Waals surface area contributed by atoms with Crippen molar-refractivity contribution in [3.63, 3.8) is 0 Å². The summed E-state index contributed by atoms with van der Waals surface area (Å²) in [5, 5.41) is 0. The van der Waals surface area contributed by atoms with Gasteiger partial charge in [-0.3, -0.25) is 4.98 Å². The zero-order valence-electron chi connectivity index (χ0n) is 10.1. The Balaban J connectivity index is 2.40. The lowest BCUT2D eigenvalue weighted by Crippen LogP contribution is -2.13. The fraction of sp³-hybridized carbons (Fsp3) is 0.214. The van der Waals surface area contributed by atoms with Crippen molar-refractivity contribution in [3.05, 3.63) is 59.4 Å². The highest BCUT2D eigenvalue weighted by molar-refractivity contribution is 5.41. The molecule has 3 heteroatoms. The van der Waals surface area contributed by atoms with Gasteiger partial charge in [0.25, 0.3) is 0 Å². The molecule has 1 unspecified atom stereocenters. The van der Waals surface area contributed by atoms with Crippen LogP contribution in [0.5, 0.6) is 5.75 Å². The number of aromatic nitrogens is 1. The molecule has 0 saturated carbocycles. The van der Waals surface area contributed by atoms with Crippen molar-refractivity contribution in [1.29, 1.82) is 0 Å². The van der Waals surface area contributed by atoms with Crippen LogP contribution in [0.4, 0.5) is 0 Å². The third kappa shape index (κ3) is 2.45. The van der Waals surface area contributed by atoms with Gasteiger partial charge in [-0.2, -0.15) is 0 Å². The monoisotopic (exact) mass is 228 g/mol. The highest BCUT2D eigenvalue weighted by Crippen LogP contribution is 2.27. The van der Waals surface area contributed by atoms with Gasteiger partial charge in [0, 0.05) is 17.5 Å². The van der Waals surface area contributed by atoms with Crippen LogP contribution in [0.25, 0.3) is 0 Å². The molecule has 0 aliphatic heterocycles. The number of hydrogen-bond acceptors (Lipinski definition) is 3. The number of nitrogens with two attached hydrogens (primary N) is 1. The Kier molecular flexibility index (Phi) is 3.40. The van der Waals surface area contributed by atoms with Crippen LogP contribution in [0.15, 0.2) is 42.6 Å². The second kappa shape index (κ2) is 4.97. The molecular weight excluding hydrogens is 212 g/mol. The maximum Gasteiger partial charge on any atom is 0.123 e. The van der Waals surface area contributed by atoms with E-state index in [1.54, 1.807) is 13.3 Å². The van der Waals surface area contributed by atoms with Gasteiger partial charge in [0.1, 0.15) is 5.75 Å². The number of ether oxygens (including phenoxy) is 1. The first-order chi connectivity index (χ1) is 8.22. The summed E-state index contributed by atoms with van der Waals surface area (Å²) < 4.78 is 5.32. The highest BCUT2D eigenvalue weighted by atomic mass is 16.5. The molecule has 88 valence electrons. The van der Waals surface area contributed by atoms with Crippen LogP contribution in [0.1, 0.15) is 22.9 Å². The van der Waals surface area contributed by atoms with Gasteiger partial charge in [-0.1, -0.05) is 18.2 Å². The molecule has 17 heavy (non-hydrogen) atoms. The molecule has 2 aromatic rings. The van der Waals surface area contributed by atoms with Crippen LogP contribution in [0, 0.1) is 6.92 Å². The van der Waals surface area contributed by atoms with E-state index in [2.05, 4.69) is 4.98 Å². The van der Waals surface area contributed by atoms with Gasteiger partial charge in [0.2, 0.25) is 0 Å². The number of nitrogens with zero attached hydrogens (tertiary/aromatic N) is 1. The van der Waals surface area contributed by atoms with Crippen molar-refractivity contribution < 1.29 is 4.74 Å². The Bertz CT molecular complexity index is 511. The number of methoxy groups -OCH3 is 1. The second-order valence-electron chi connectivity index (χ2n) is 3.95. The predicted molar refractivity (Wildman–Crippen MR) is 68.0 cm³/mol. The topological polar surface area (TPSA) is 48.1 Å². The number of pyridine rings is 1. The third-order valence-electron chi connectivity index (χ3n) is 2.75. The molecule has 0 radical (unpaired) electrons. The van der Waals surface area contributed by atoms with E-state index >= 15 is 0 Å². The number of rotatable bonds is 3. The molecule has 1 heterocycles. The molecule has 2 N–H and O–H groups in total. The molecule has 3 nitrogen and oxygen atoms in total. The third-order valence-corrected chi connectivity index (χ3v) is 2.75. The van der Waals surface area contributed by atoms with E-state index in [1.165, 1.54) is 0 Å². The molecule has 0 spiro atoms. The van der Waals surface area contributed by atoms with Crippen LogP contribution < -0.4 is 10.5 Å². The summed E-state index contributed by atoms with van der Waals surface area (Å²) in [5.41, 5.74) is 9.25. The molecular formula is C14H16N2O. The average Bonchev–Trinajstić information content (AvgIpc) is 2.38. The second-order valence-corrected chi connectivity index (χ2v) is 3.95. The largest absolute Gasteiger partial charge is 0.496 e. The Morgan fingerprint density at radius 3 is 2.71 bits per heavy atom. The molecule has 1 atom stereocenters. The predicted octanol–water partition coefficient (Wildman–Crippen LogP) is 2.45. The molecule has 0 fully saturated rings. The fourth-order valence-electron chi connectivity index (χ4n) is 1.86. The van der Waals surface area contributed by atoms with Crippen molar-refractivity contribution in [2.24, 2.45) is 5.73 Å². The van der Waals surface area contributed by atoms with Crippen LogP contribution >= 0.6 is 0 Å². The van der Waals surface area contributed by atoms with Crippen molar-refractivity contribution >= 4 is 0 Å². The summed E-state index contributed by atoms with van der Waals surface area (Å²) in [4.78, 5) is 4.17. The lowest BCUT2D eigenvalue weighted by molar-refractivity contribution is 0.408. The standard InChI is InChI=1S/C14H16N2O/c1-10-9-11(7-8-16-10)14(15)12-5-3-4-6-13(12)17-2/h3-9,14H,15H2,1-2H3. The van der Waals surface area contributed by atoms with Crippen LogP contribution in [-0.2, 0) is 0 Å². The Morgan fingerprint density at radius 2 is 2.00 bits per heavy atom. The van der Waals surface area contributed by atoms with Gasteiger partial charge < -0.3 is 10.5 Å². The molecule has 2 rings (SSSR count). The first-order valence-electron chi connectivity index (χ1n) is 5.53. The summed E-state index contributed by atoms with van der Waals surface area (Å²) in [7, 11) is 1.66. The quantitative estimate of drug-likeness (QED) is 0.877. The summed E-state index contributed by atoms with van der Waals surface area (Å²) in [6, 6.07) is 11.6. The van der Waals surface area contributed by atoms with Crippen LogP contribution in [0.3, 0.4) is 0 Å². The maximum absolute atomic E-state index is 6.25. The minimum absolute atomic E-state index is 0.187. The Labute approximate surface area is 101 Å². The lowest BCUT2D eigenvalue weighted by Gasteiger charge is -2.16. The van der Waals surface area contributed by atoms with Gasteiger partial charge in [-0.25, -0.2) is 0 Å². The summed E-state index contributed by atoms with van der Waals surface area (Å²) >= 11 is 0. The summed E-state index contributed by atoms with van der Waals surface area (Å²) in [5.74, 6) is 0.814. The normalized spacial score (nSPS) is 12.2. The van der Waals surface area contributed by atoms with Crippen molar-refractivity contribution in [2.75, 3.05) is 7.11 Å². The SMILES string of the molecule is COc1ccccc1C(N)c1ccnc(C)c1. The summed E-state index contributed by atoms with van der Waals surface area (Å²) in [6.45, 7) is 1.96. The molecule has 1 aromatic carbocycles. The van der Waals surface area contributed by atoms with E-state index in [1.807, 2.05) is 43.3 Å². The van der Waals surface area contributed by atoms with Gasteiger partial charge in [0.15, 0.2) is 0 Å². The van der Waals surface area contributed by atoms with E-state index in [-0.39, 0.29) is 6.04 Å². The molecule has 1 aromatic heterocycles. The zero-order valence-corrected chi connectivity index (χ0v) is 10.1. The minimum Gasteiger partial charge on any atom is -0.496 e. The molecule has 0 aliphatic carbocycles. The van der Waals surface area contributed by atoms with E-state index < -0.39 is 0 Å². The van der Waals surface area contributed by atoms with E-state index in [0.717, 1.165) is 22.6 Å². The smallest absolute Gasteiger partial charge is 0.123 e. The number of aryl methyl sites for hydroxylation is 1. The number of hydrogen-bond donors (Lipinski definition) is 1.